The van der Waals surface area contributed by atoms with Crippen LogP contribution in [0.1, 0.15) is 0 Å². The Balaban J connectivity index is 2.16. The Labute approximate surface area is 233 Å². The highest BCUT2D eigenvalue weighted by molar-refractivity contribution is 7.91. The fourth-order valence-corrected chi connectivity index (χ4v) is 6.25. The molecule has 0 aromatic heterocycles. The lowest BCUT2D eigenvalue weighted by atomic mass is 10.1. The van der Waals surface area contributed by atoms with Gasteiger partial charge in [0.1, 0.15) is 32.7 Å². The van der Waals surface area contributed by atoms with Gasteiger partial charge in [0, 0.05) is 17.5 Å². The number of hydrogen-bond acceptors (Lipinski definition) is 14. The Morgan fingerprint density at radius 3 is 1.93 bits per heavy atom. The Kier molecular flexibility index (Phi) is 8.95. The van der Waals surface area contributed by atoms with Crippen molar-refractivity contribution in [3.8, 4) is 17.2 Å². The van der Waals surface area contributed by atoms with Gasteiger partial charge >= 0.3 is 10.4 Å². The molecule has 0 unspecified atom stereocenters. The van der Waals surface area contributed by atoms with Crippen molar-refractivity contribution in [3.63, 3.8) is 0 Å². The van der Waals surface area contributed by atoms with Gasteiger partial charge in [0.2, 0.25) is 0 Å². The Morgan fingerprint density at radius 2 is 1.39 bits per heavy atom. The standard InChI is InChI=1S/C20H20N2O15S4/c1-35-15-10-17(38(24,25)6-5-37-41(32,33)34)16(36-2)9-14(15)21-22-19-18(40(29,30)31)8-11-7-12(39(26,27)28)3-4-13(11)20(19)23/h3-4,7-10,23H,5-6H2,1-2H3,(H,26,27,28)(H,29,30,31)(H,32,33,34)/b22-21+. The van der Waals surface area contributed by atoms with E-state index in [9.17, 15) is 47.9 Å². The maximum atomic E-state index is 12.7. The van der Waals surface area contributed by atoms with E-state index in [0.29, 0.717) is 0 Å². The second kappa shape index (κ2) is 11.4. The summed E-state index contributed by atoms with van der Waals surface area (Å²) in [4.78, 5) is -2.13. The van der Waals surface area contributed by atoms with Crippen molar-refractivity contribution >= 4 is 62.6 Å². The Morgan fingerprint density at radius 1 is 0.756 bits per heavy atom. The van der Waals surface area contributed by atoms with E-state index in [1.165, 1.54) is 0 Å². The first-order valence-electron chi connectivity index (χ1n) is 10.6. The zero-order chi connectivity index (χ0) is 31.0. The van der Waals surface area contributed by atoms with E-state index < -0.39 is 79.0 Å². The zero-order valence-corrected chi connectivity index (χ0v) is 24.0. The minimum absolute atomic E-state index is 0.142. The predicted octanol–water partition coefficient (Wildman–Crippen LogP) is 2.06. The molecule has 0 radical (unpaired) electrons. The van der Waals surface area contributed by atoms with E-state index in [1.54, 1.807) is 0 Å². The highest BCUT2D eigenvalue weighted by Gasteiger charge is 2.26. The lowest BCUT2D eigenvalue weighted by molar-refractivity contribution is 0.283. The average molecular weight is 657 g/mol. The van der Waals surface area contributed by atoms with E-state index >= 15 is 0 Å². The normalized spacial score (nSPS) is 13.1. The number of rotatable bonds is 11. The molecule has 0 bridgehead atoms. The van der Waals surface area contributed by atoms with Crippen molar-refractivity contribution in [3.05, 3.63) is 36.4 Å². The molecule has 224 valence electrons. The number of methoxy groups -OCH3 is 2. The molecule has 4 N–H and O–H groups in total. The highest BCUT2D eigenvalue weighted by Crippen LogP contribution is 2.44. The monoisotopic (exact) mass is 656 g/mol. The van der Waals surface area contributed by atoms with Crippen LogP contribution in [0.3, 0.4) is 0 Å². The summed E-state index contributed by atoms with van der Waals surface area (Å²) in [7, 11) is -16.8. The number of fused-ring (bicyclic) bond motifs is 1. The molecule has 0 aliphatic carbocycles. The van der Waals surface area contributed by atoms with Gasteiger partial charge in [-0.3, -0.25) is 13.7 Å². The van der Waals surface area contributed by atoms with Crippen LogP contribution >= 0.6 is 0 Å². The molecule has 0 saturated carbocycles. The van der Waals surface area contributed by atoms with Gasteiger partial charge in [-0.15, -0.1) is 10.2 Å². The van der Waals surface area contributed by atoms with Crippen LogP contribution in [0.2, 0.25) is 0 Å². The molecule has 3 aromatic rings. The largest absolute Gasteiger partial charge is 0.505 e. The molecular formula is C20H20N2O15S4. The Hall–Kier alpha value is -3.44. The minimum atomic E-state index is -5.11. The predicted molar refractivity (Wildman–Crippen MR) is 139 cm³/mol. The molecule has 0 aliphatic rings. The van der Waals surface area contributed by atoms with E-state index in [-0.39, 0.29) is 28.0 Å². The first-order valence-corrected chi connectivity index (χ1v) is 16.5. The molecule has 17 nitrogen and oxygen atoms in total. The van der Waals surface area contributed by atoms with Crippen LogP contribution < -0.4 is 9.47 Å². The molecule has 0 fully saturated rings. The molecular weight excluding hydrogens is 636 g/mol. The third-order valence-electron chi connectivity index (χ3n) is 5.24. The van der Waals surface area contributed by atoms with Gasteiger partial charge in [0.05, 0.1) is 31.5 Å². The number of phenols is 1. The number of azo groups is 1. The maximum absolute atomic E-state index is 12.7. The summed E-state index contributed by atoms with van der Waals surface area (Å²) in [6.07, 6.45) is 0. The van der Waals surface area contributed by atoms with Gasteiger partial charge in [0.15, 0.2) is 15.6 Å². The van der Waals surface area contributed by atoms with Crippen LogP contribution in [-0.4, -0.2) is 79.0 Å². The number of benzene rings is 3. The molecule has 0 aliphatic heterocycles. The van der Waals surface area contributed by atoms with Crippen molar-refractivity contribution in [2.24, 2.45) is 10.2 Å². The smallest absolute Gasteiger partial charge is 0.397 e. The summed E-state index contributed by atoms with van der Waals surface area (Å²) in [6, 6.07) is 5.50. The third kappa shape index (κ3) is 7.45. The average Bonchev–Trinajstić information content (AvgIpc) is 2.85. The fourth-order valence-electron chi connectivity index (χ4n) is 3.42. The van der Waals surface area contributed by atoms with Gasteiger partial charge in [0.25, 0.3) is 20.2 Å². The van der Waals surface area contributed by atoms with Gasteiger partial charge in [-0.1, -0.05) is 0 Å². The number of nitrogens with zero attached hydrogens (tertiary/aromatic N) is 2. The molecule has 0 atom stereocenters. The maximum Gasteiger partial charge on any atom is 0.397 e. The fraction of sp³-hybridized carbons (Fsp3) is 0.200. The van der Waals surface area contributed by atoms with Crippen molar-refractivity contribution in [2.45, 2.75) is 14.7 Å². The zero-order valence-electron chi connectivity index (χ0n) is 20.7. The van der Waals surface area contributed by atoms with Crippen LogP contribution in [0.25, 0.3) is 10.8 Å². The summed E-state index contributed by atoms with van der Waals surface area (Å²) in [5.41, 5.74) is -1.06. The number of ether oxygens (including phenoxy) is 2. The lowest BCUT2D eigenvalue weighted by Crippen LogP contribution is -2.16. The molecule has 3 aromatic carbocycles. The van der Waals surface area contributed by atoms with E-state index in [0.717, 1.165) is 50.6 Å². The summed E-state index contributed by atoms with van der Waals surface area (Å²) < 4.78 is 136. The first kappa shape index (κ1) is 32.1. The summed E-state index contributed by atoms with van der Waals surface area (Å²) >= 11 is 0. The molecule has 0 amide bonds. The van der Waals surface area contributed by atoms with Crippen molar-refractivity contribution in [1.29, 1.82) is 0 Å². The van der Waals surface area contributed by atoms with Crippen molar-refractivity contribution < 1.29 is 66.1 Å². The van der Waals surface area contributed by atoms with E-state index in [1.807, 2.05) is 0 Å². The lowest BCUT2D eigenvalue weighted by Gasteiger charge is -2.13. The molecule has 0 saturated heterocycles. The minimum Gasteiger partial charge on any atom is -0.505 e. The van der Waals surface area contributed by atoms with Crippen LogP contribution in [0.5, 0.6) is 17.2 Å². The van der Waals surface area contributed by atoms with Crippen molar-refractivity contribution in [1.82, 2.24) is 0 Å². The summed E-state index contributed by atoms with van der Waals surface area (Å²) in [6.45, 7) is -0.931. The Bertz CT molecular complexity index is 1990. The topological polar surface area (TPSA) is 270 Å². The second-order valence-electron chi connectivity index (χ2n) is 7.85. The summed E-state index contributed by atoms with van der Waals surface area (Å²) in [5, 5.41) is 17.9. The molecule has 3 rings (SSSR count). The second-order valence-corrected chi connectivity index (χ2v) is 13.8. The quantitative estimate of drug-likeness (QED) is 0.170. The highest BCUT2D eigenvalue weighted by atomic mass is 32.3. The molecule has 0 heterocycles. The number of aromatic hydroxyl groups is 1. The molecule has 41 heavy (non-hydrogen) atoms. The van der Waals surface area contributed by atoms with Crippen LogP contribution in [0.15, 0.2) is 61.3 Å². The number of phenolic OH excluding ortho intramolecular Hbond substituents is 1. The summed E-state index contributed by atoms with van der Waals surface area (Å²) in [5.74, 6) is -2.38. The molecule has 21 heteroatoms. The van der Waals surface area contributed by atoms with E-state index in [4.69, 9.17) is 14.0 Å². The van der Waals surface area contributed by atoms with Crippen molar-refractivity contribution in [2.75, 3.05) is 26.6 Å². The van der Waals surface area contributed by atoms with Gasteiger partial charge in [-0.2, -0.15) is 25.3 Å². The number of sulfone groups is 1. The SMILES string of the molecule is COc1cc(S(=O)(=O)CCOS(=O)(=O)O)c(OC)cc1/N=N/c1c(S(=O)(=O)O)cc2cc(S(=O)(=O)O)ccc2c1O. The molecule has 0 spiro atoms. The van der Waals surface area contributed by atoms with E-state index in [2.05, 4.69) is 14.4 Å². The van der Waals surface area contributed by atoms with Crippen LogP contribution in [-0.2, 0) is 44.7 Å². The van der Waals surface area contributed by atoms with Crippen LogP contribution in [0.4, 0.5) is 11.4 Å². The van der Waals surface area contributed by atoms with Gasteiger partial charge in [-0.05, 0) is 29.7 Å². The number of hydrogen-bond donors (Lipinski definition) is 4. The first-order chi connectivity index (χ1) is 18.8. The third-order valence-corrected chi connectivity index (χ3v) is 9.11. The van der Waals surface area contributed by atoms with Gasteiger partial charge < -0.3 is 14.6 Å². The van der Waals surface area contributed by atoms with Crippen LogP contribution in [0, 0.1) is 0 Å². The van der Waals surface area contributed by atoms with Gasteiger partial charge in [-0.25, -0.2) is 12.6 Å².